The molecular formula is C25H27ClN4O4S2. The number of carbonyl (C=O) groups is 1. The summed E-state index contributed by atoms with van der Waals surface area (Å²) in [6, 6.07) is 9.79. The molecule has 3 aromatic rings. The highest BCUT2D eigenvalue weighted by molar-refractivity contribution is 7.89. The van der Waals surface area contributed by atoms with E-state index in [2.05, 4.69) is 18.1 Å². The first-order valence-corrected chi connectivity index (χ1v) is 13.9. The monoisotopic (exact) mass is 546 g/mol. The smallest absolute Gasteiger partial charge is 0.253 e. The van der Waals surface area contributed by atoms with E-state index >= 15 is 0 Å². The molecule has 11 heteroatoms. The van der Waals surface area contributed by atoms with Crippen molar-refractivity contribution in [3.05, 3.63) is 72.3 Å². The van der Waals surface area contributed by atoms with E-state index in [1.165, 1.54) is 28.6 Å². The minimum atomic E-state index is -3.71. The van der Waals surface area contributed by atoms with Crippen molar-refractivity contribution in [3.8, 4) is 5.75 Å². The molecule has 0 atom stereocenters. The lowest BCUT2D eigenvalue weighted by atomic mass is 10.2. The van der Waals surface area contributed by atoms with Crippen molar-refractivity contribution in [1.82, 2.24) is 14.2 Å². The Morgan fingerprint density at radius 3 is 2.33 bits per heavy atom. The van der Waals surface area contributed by atoms with Gasteiger partial charge in [0.25, 0.3) is 5.91 Å². The second-order valence-electron chi connectivity index (χ2n) is 8.13. The molecular weight excluding hydrogens is 520 g/mol. The fraction of sp³-hybridized carbons (Fsp3) is 0.280. The van der Waals surface area contributed by atoms with Gasteiger partial charge >= 0.3 is 0 Å². The van der Waals surface area contributed by atoms with Gasteiger partial charge in [0.2, 0.25) is 10.0 Å². The van der Waals surface area contributed by atoms with Gasteiger partial charge in [-0.15, -0.1) is 13.2 Å². The van der Waals surface area contributed by atoms with E-state index in [-0.39, 0.29) is 23.9 Å². The summed E-state index contributed by atoms with van der Waals surface area (Å²) < 4.78 is 33.5. The maximum absolute atomic E-state index is 13.1. The Morgan fingerprint density at radius 2 is 1.75 bits per heavy atom. The molecule has 36 heavy (non-hydrogen) atoms. The van der Waals surface area contributed by atoms with E-state index in [1.807, 2.05) is 6.07 Å². The Morgan fingerprint density at radius 1 is 1.11 bits per heavy atom. The van der Waals surface area contributed by atoms with Crippen LogP contribution in [-0.2, 0) is 10.0 Å². The largest absolute Gasteiger partial charge is 0.493 e. The maximum atomic E-state index is 13.1. The highest BCUT2D eigenvalue weighted by Crippen LogP contribution is 2.38. The normalized spacial score (nSPS) is 14.3. The van der Waals surface area contributed by atoms with Crippen LogP contribution < -0.4 is 9.64 Å². The van der Waals surface area contributed by atoms with Gasteiger partial charge in [-0.1, -0.05) is 35.1 Å². The van der Waals surface area contributed by atoms with Crippen molar-refractivity contribution in [2.75, 3.05) is 51.3 Å². The number of fused-ring (bicyclic) bond motifs is 1. The van der Waals surface area contributed by atoms with Gasteiger partial charge in [-0.2, -0.15) is 4.31 Å². The predicted molar refractivity (Wildman–Crippen MR) is 145 cm³/mol. The van der Waals surface area contributed by atoms with Gasteiger partial charge in [-0.05, 0) is 36.4 Å². The van der Waals surface area contributed by atoms with E-state index in [0.717, 1.165) is 15.3 Å². The Labute approximate surface area is 220 Å². The molecule has 0 spiro atoms. The summed E-state index contributed by atoms with van der Waals surface area (Å²) in [5.74, 6) is 0.429. The second-order valence-corrected chi connectivity index (χ2v) is 11.5. The first-order valence-electron chi connectivity index (χ1n) is 11.3. The number of thiazole rings is 1. The predicted octanol–water partition coefficient (Wildman–Crippen LogP) is 4.28. The number of amides is 1. The van der Waals surface area contributed by atoms with Crippen LogP contribution in [0.3, 0.4) is 0 Å². The molecule has 4 rings (SSSR count). The third kappa shape index (κ3) is 5.12. The van der Waals surface area contributed by atoms with Gasteiger partial charge in [0.05, 0.1) is 21.7 Å². The highest BCUT2D eigenvalue weighted by atomic mass is 35.5. The molecule has 1 amide bonds. The number of halogens is 1. The number of anilines is 1. The van der Waals surface area contributed by atoms with Crippen LogP contribution in [0.2, 0.25) is 5.02 Å². The van der Waals surface area contributed by atoms with E-state index in [4.69, 9.17) is 21.3 Å². The Kier molecular flexibility index (Phi) is 7.99. The SMILES string of the molecule is C=CCN(CC=C)S(=O)(=O)c1ccc(C(=O)N2CCN(c3nc4c(OC)c(Cl)ccc4s3)CC2)cc1. The summed E-state index contributed by atoms with van der Waals surface area (Å²) in [7, 11) is -2.14. The lowest BCUT2D eigenvalue weighted by Crippen LogP contribution is -2.48. The molecule has 1 aliphatic heterocycles. The second kappa shape index (κ2) is 11.0. The van der Waals surface area contributed by atoms with E-state index in [1.54, 1.807) is 41.5 Å². The molecule has 0 unspecified atom stereocenters. The molecule has 2 heterocycles. The number of nitrogens with zero attached hydrogens (tertiary/aromatic N) is 4. The molecule has 8 nitrogen and oxygen atoms in total. The van der Waals surface area contributed by atoms with E-state index in [0.29, 0.717) is 42.5 Å². The lowest BCUT2D eigenvalue weighted by molar-refractivity contribution is 0.0746. The van der Waals surface area contributed by atoms with Crippen molar-refractivity contribution >= 4 is 54.2 Å². The molecule has 1 saturated heterocycles. The molecule has 1 fully saturated rings. The number of sulfonamides is 1. The minimum absolute atomic E-state index is 0.124. The number of ether oxygens (including phenoxy) is 1. The summed E-state index contributed by atoms with van der Waals surface area (Å²) in [4.78, 5) is 21.8. The molecule has 0 N–H and O–H groups in total. The number of piperazine rings is 1. The summed E-state index contributed by atoms with van der Waals surface area (Å²) in [6.45, 7) is 9.90. The third-order valence-corrected chi connectivity index (χ3v) is 9.13. The zero-order valence-electron chi connectivity index (χ0n) is 19.9. The first-order chi connectivity index (χ1) is 17.3. The molecule has 0 bridgehead atoms. The van der Waals surface area contributed by atoms with Gasteiger partial charge in [0.1, 0.15) is 5.52 Å². The first kappa shape index (κ1) is 26.2. The van der Waals surface area contributed by atoms with Crippen molar-refractivity contribution in [2.45, 2.75) is 4.90 Å². The Balaban J connectivity index is 1.43. The number of benzene rings is 2. The zero-order chi connectivity index (χ0) is 25.9. The molecule has 2 aromatic carbocycles. The number of methoxy groups -OCH3 is 1. The fourth-order valence-corrected chi connectivity index (χ4v) is 6.65. The number of carbonyl (C=O) groups excluding carboxylic acids is 1. The third-order valence-electron chi connectivity index (χ3n) is 5.90. The van der Waals surface area contributed by atoms with Gasteiger partial charge < -0.3 is 14.5 Å². The molecule has 190 valence electrons. The minimum Gasteiger partial charge on any atom is -0.493 e. The van der Waals surface area contributed by atoms with Crippen LogP contribution in [-0.4, -0.2) is 74.9 Å². The topological polar surface area (TPSA) is 83.1 Å². The zero-order valence-corrected chi connectivity index (χ0v) is 22.3. The maximum Gasteiger partial charge on any atom is 0.253 e. The van der Waals surface area contributed by atoms with Crippen LogP contribution in [0.25, 0.3) is 10.2 Å². The van der Waals surface area contributed by atoms with Crippen molar-refractivity contribution in [2.24, 2.45) is 0 Å². The van der Waals surface area contributed by atoms with Gasteiger partial charge in [0.15, 0.2) is 10.9 Å². The van der Waals surface area contributed by atoms with Crippen molar-refractivity contribution in [3.63, 3.8) is 0 Å². The van der Waals surface area contributed by atoms with E-state index < -0.39 is 10.0 Å². The van der Waals surface area contributed by atoms with Crippen LogP contribution in [0.5, 0.6) is 5.75 Å². The van der Waals surface area contributed by atoms with Crippen molar-refractivity contribution in [1.29, 1.82) is 0 Å². The van der Waals surface area contributed by atoms with Crippen LogP contribution in [0.15, 0.2) is 66.6 Å². The number of rotatable bonds is 9. The van der Waals surface area contributed by atoms with Crippen molar-refractivity contribution < 1.29 is 17.9 Å². The lowest BCUT2D eigenvalue weighted by Gasteiger charge is -2.34. The van der Waals surface area contributed by atoms with Crippen LogP contribution in [0.4, 0.5) is 5.13 Å². The summed E-state index contributed by atoms with van der Waals surface area (Å²) in [6.07, 6.45) is 3.05. The number of aromatic nitrogens is 1. The Hall–Kier alpha value is -2.92. The number of hydrogen-bond acceptors (Lipinski definition) is 7. The summed E-state index contributed by atoms with van der Waals surface area (Å²) >= 11 is 7.79. The van der Waals surface area contributed by atoms with Gasteiger partial charge in [-0.25, -0.2) is 13.4 Å². The van der Waals surface area contributed by atoms with Crippen LogP contribution >= 0.6 is 22.9 Å². The van der Waals surface area contributed by atoms with E-state index in [9.17, 15) is 13.2 Å². The van der Waals surface area contributed by atoms with Crippen LogP contribution in [0.1, 0.15) is 10.4 Å². The van der Waals surface area contributed by atoms with Gasteiger partial charge in [0, 0.05) is 44.8 Å². The molecule has 1 aromatic heterocycles. The summed E-state index contributed by atoms with van der Waals surface area (Å²) in [5, 5.41) is 1.38. The summed E-state index contributed by atoms with van der Waals surface area (Å²) in [5.41, 5.74) is 1.18. The molecule has 1 aliphatic rings. The van der Waals surface area contributed by atoms with Gasteiger partial charge in [-0.3, -0.25) is 4.79 Å². The fourth-order valence-electron chi connectivity index (χ4n) is 4.02. The molecule has 0 saturated carbocycles. The average Bonchev–Trinajstić information content (AvgIpc) is 3.32. The average molecular weight is 547 g/mol. The molecule has 0 radical (unpaired) electrons. The van der Waals surface area contributed by atoms with Crippen LogP contribution in [0, 0.1) is 0 Å². The standard InChI is InChI=1S/C25H27ClN4O4S2/c1-4-12-30(13-5-2)36(32,33)19-8-6-18(7-9-19)24(31)28-14-16-29(17-15-28)25-27-22-21(35-25)11-10-20(26)23(22)34-3/h4-11H,1-2,12-17H2,3H3. The Bertz CT molecular complexity index is 1370. The number of hydrogen-bond donors (Lipinski definition) is 0. The quantitative estimate of drug-likeness (QED) is 0.372. The molecule has 0 aliphatic carbocycles. The highest BCUT2D eigenvalue weighted by Gasteiger charge is 2.26.